The van der Waals surface area contributed by atoms with Crippen molar-refractivity contribution in [3.05, 3.63) is 85.5 Å². The molecule has 2 aliphatic rings. The Morgan fingerprint density at radius 2 is 1.79 bits per heavy atom. The number of rotatable bonds is 4. The predicted molar refractivity (Wildman–Crippen MR) is 99.5 cm³/mol. The number of hydrogen-bond acceptors (Lipinski definition) is 6. The van der Waals surface area contributed by atoms with Gasteiger partial charge in [0.15, 0.2) is 0 Å². The Labute approximate surface area is 158 Å². The molecule has 0 aromatic heterocycles. The SMILES string of the molecule is O=C(O)c1ccc([N+](=O)[O-])c2c1N[C@H](c1ccc([N+](=O)[O-])cc1)[C@H]1CC=C[C@@H]21. The molecular formula is C19H15N3O6. The average Bonchev–Trinajstić information content (AvgIpc) is 3.16. The predicted octanol–water partition coefficient (Wildman–Crippen LogP) is 4.03. The fourth-order valence-electron chi connectivity index (χ4n) is 4.16. The standard InChI is InChI=1S/C19H15N3O6/c23-19(24)14-8-9-15(22(27)28)16-12-2-1-3-13(12)17(20-18(14)16)10-4-6-11(7-5-10)21(25)26/h1-2,4-9,12-13,17,20H,3H2,(H,23,24)/t12-,13+,17-/m1/s1. The molecule has 0 saturated heterocycles. The molecule has 0 amide bonds. The first kappa shape index (κ1) is 17.7. The van der Waals surface area contributed by atoms with E-state index in [4.69, 9.17) is 0 Å². The summed E-state index contributed by atoms with van der Waals surface area (Å²) in [6, 6.07) is 8.21. The molecule has 9 nitrogen and oxygen atoms in total. The van der Waals surface area contributed by atoms with E-state index in [2.05, 4.69) is 5.32 Å². The molecule has 1 aliphatic carbocycles. The molecule has 4 rings (SSSR count). The van der Waals surface area contributed by atoms with E-state index in [0.717, 1.165) is 5.56 Å². The molecule has 0 fully saturated rings. The second-order valence-electron chi connectivity index (χ2n) is 6.81. The summed E-state index contributed by atoms with van der Waals surface area (Å²) in [5.74, 6) is -1.55. The number of aromatic carboxylic acids is 1. The molecule has 9 heteroatoms. The van der Waals surface area contributed by atoms with Gasteiger partial charge in [0.05, 0.1) is 32.7 Å². The summed E-state index contributed by atoms with van der Waals surface area (Å²) in [7, 11) is 0. The molecule has 2 aromatic carbocycles. The molecular weight excluding hydrogens is 366 g/mol. The summed E-state index contributed by atoms with van der Waals surface area (Å²) < 4.78 is 0. The lowest BCUT2D eigenvalue weighted by Gasteiger charge is -2.37. The Balaban J connectivity index is 1.86. The Morgan fingerprint density at radius 1 is 1.07 bits per heavy atom. The minimum Gasteiger partial charge on any atom is -0.478 e. The van der Waals surface area contributed by atoms with Crippen molar-refractivity contribution in [1.82, 2.24) is 0 Å². The molecule has 0 spiro atoms. The van der Waals surface area contributed by atoms with Gasteiger partial charge >= 0.3 is 5.97 Å². The van der Waals surface area contributed by atoms with E-state index in [9.17, 15) is 30.1 Å². The van der Waals surface area contributed by atoms with E-state index in [1.807, 2.05) is 12.2 Å². The van der Waals surface area contributed by atoms with E-state index < -0.39 is 15.8 Å². The Bertz CT molecular complexity index is 1030. The fraction of sp³-hybridized carbons (Fsp3) is 0.211. The van der Waals surface area contributed by atoms with Crippen LogP contribution in [0.25, 0.3) is 0 Å². The van der Waals surface area contributed by atoms with Crippen molar-refractivity contribution >= 4 is 23.0 Å². The highest BCUT2D eigenvalue weighted by molar-refractivity contribution is 5.97. The van der Waals surface area contributed by atoms with Crippen molar-refractivity contribution in [3.63, 3.8) is 0 Å². The number of nitro groups is 2. The van der Waals surface area contributed by atoms with Crippen molar-refractivity contribution in [2.45, 2.75) is 18.4 Å². The van der Waals surface area contributed by atoms with Crippen LogP contribution in [0.4, 0.5) is 17.1 Å². The molecule has 28 heavy (non-hydrogen) atoms. The van der Waals surface area contributed by atoms with Crippen LogP contribution in [0, 0.1) is 26.1 Å². The van der Waals surface area contributed by atoms with Crippen LogP contribution in [0.15, 0.2) is 48.6 Å². The van der Waals surface area contributed by atoms with Crippen LogP contribution in [0.3, 0.4) is 0 Å². The first-order valence-electron chi connectivity index (χ1n) is 8.60. The Hall–Kier alpha value is -3.75. The maximum absolute atomic E-state index is 11.7. The second-order valence-corrected chi connectivity index (χ2v) is 6.81. The molecule has 2 aromatic rings. The zero-order valence-electron chi connectivity index (χ0n) is 14.4. The number of allylic oxidation sites excluding steroid dienone is 2. The maximum atomic E-state index is 11.7. The number of non-ortho nitro benzene ring substituents is 1. The third kappa shape index (κ3) is 2.68. The van der Waals surface area contributed by atoms with Gasteiger partial charge in [-0.3, -0.25) is 20.2 Å². The van der Waals surface area contributed by atoms with Crippen LogP contribution in [0.2, 0.25) is 0 Å². The van der Waals surface area contributed by atoms with E-state index in [1.165, 1.54) is 24.3 Å². The van der Waals surface area contributed by atoms with Crippen molar-refractivity contribution in [2.75, 3.05) is 5.32 Å². The summed E-state index contributed by atoms with van der Waals surface area (Å²) in [6.45, 7) is 0. The van der Waals surface area contributed by atoms with Crippen LogP contribution in [-0.2, 0) is 0 Å². The van der Waals surface area contributed by atoms with Crippen molar-refractivity contribution in [2.24, 2.45) is 5.92 Å². The van der Waals surface area contributed by atoms with Crippen molar-refractivity contribution < 1.29 is 19.7 Å². The van der Waals surface area contributed by atoms with Gasteiger partial charge in [-0.1, -0.05) is 24.3 Å². The van der Waals surface area contributed by atoms with E-state index in [-0.39, 0.29) is 40.5 Å². The first-order valence-corrected chi connectivity index (χ1v) is 8.60. The van der Waals surface area contributed by atoms with Crippen LogP contribution in [0.1, 0.15) is 39.9 Å². The number of nitrogens with zero attached hydrogens (tertiary/aromatic N) is 2. The second kappa shape index (κ2) is 6.45. The van der Waals surface area contributed by atoms with Gasteiger partial charge in [0.2, 0.25) is 0 Å². The van der Waals surface area contributed by atoms with Crippen LogP contribution < -0.4 is 5.32 Å². The fourth-order valence-corrected chi connectivity index (χ4v) is 4.16. The highest BCUT2D eigenvalue weighted by Crippen LogP contribution is 2.53. The number of nitrogens with one attached hydrogen (secondary N) is 1. The highest BCUT2D eigenvalue weighted by atomic mass is 16.6. The van der Waals surface area contributed by atoms with Gasteiger partial charge in [0.1, 0.15) is 0 Å². The summed E-state index contributed by atoms with van der Waals surface area (Å²) in [4.78, 5) is 33.2. The Kier molecular flexibility index (Phi) is 4.07. The smallest absolute Gasteiger partial charge is 0.337 e. The normalized spacial score (nSPS) is 22.1. The van der Waals surface area contributed by atoms with Crippen LogP contribution in [0.5, 0.6) is 0 Å². The molecule has 3 atom stereocenters. The molecule has 1 aliphatic heterocycles. The monoisotopic (exact) mass is 381 g/mol. The molecule has 1 heterocycles. The molecule has 142 valence electrons. The molecule has 0 unspecified atom stereocenters. The zero-order valence-corrected chi connectivity index (χ0v) is 14.4. The largest absolute Gasteiger partial charge is 0.478 e. The van der Waals surface area contributed by atoms with Gasteiger partial charge < -0.3 is 10.4 Å². The summed E-state index contributed by atoms with van der Waals surface area (Å²) in [5.41, 5.74) is 1.18. The van der Waals surface area contributed by atoms with Crippen LogP contribution >= 0.6 is 0 Å². The van der Waals surface area contributed by atoms with E-state index in [0.29, 0.717) is 12.0 Å². The van der Waals surface area contributed by atoms with E-state index in [1.54, 1.807) is 12.1 Å². The van der Waals surface area contributed by atoms with Gasteiger partial charge in [0, 0.05) is 24.1 Å². The van der Waals surface area contributed by atoms with Crippen molar-refractivity contribution in [1.29, 1.82) is 0 Å². The molecule has 0 radical (unpaired) electrons. The van der Waals surface area contributed by atoms with Crippen molar-refractivity contribution in [3.8, 4) is 0 Å². The summed E-state index contributed by atoms with van der Waals surface area (Å²) in [6.07, 6.45) is 4.47. The lowest BCUT2D eigenvalue weighted by molar-refractivity contribution is -0.385. The minimum atomic E-state index is -1.18. The van der Waals surface area contributed by atoms with Gasteiger partial charge in [-0.05, 0) is 24.0 Å². The van der Waals surface area contributed by atoms with Gasteiger partial charge in [0.25, 0.3) is 11.4 Å². The average molecular weight is 381 g/mol. The number of benzene rings is 2. The molecule has 0 saturated carbocycles. The van der Waals surface area contributed by atoms with Gasteiger partial charge in [-0.15, -0.1) is 0 Å². The highest BCUT2D eigenvalue weighted by Gasteiger charge is 2.43. The topological polar surface area (TPSA) is 136 Å². The number of fused-ring (bicyclic) bond motifs is 3. The minimum absolute atomic E-state index is 0.0359. The molecule has 0 bridgehead atoms. The third-order valence-electron chi connectivity index (χ3n) is 5.39. The number of hydrogen-bond donors (Lipinski definition) is 2. The van der Waals surface area contributed by atoms with Crippen LogP contribution in [-0.4, -0.2) is 20.9 Å². The quantitative estimate of drug-likeness (QED) is 0.463. The number of carbonyl (C=O) groups is 1. The summed E-state index contributed by atoms with van der Waals surface area (Å²) >= 11 is 0. The van der Waals surface area contributed by atoms with E-state index >= 15 is 0 Å². The number of carboxylic acids is 1. The molecule has 2 N–H and O–H groups in total. The maximum Gasteiger partial charge on any atom is 0.337 e. The first-order chi connectivity index (χ1) is 13.4. The zero-order chi connectivity index (χ0) is 20.0. The lowest BCUT2D eigenvalue weighted by Crippen LogP contribution is -2.31. The Morgan fingerprint density at radius 3 is 2.39 bits per heavy atom. The number of anilines is 1. The lowest BCUT2D eigenvalue weighted by atomic mass is 9.75. The number of nitro benzene ring substituents is 2. The third-order valence-corrected chi connectivity index (χ3v) is 5.39. The number of carboxylic acid groups (broad SMARTS) is 1. The van der Waals surface area contributed by atoms with Gasteiger partial charge in [-0.2, -0.15) is 0 Å². The van der Waals surface area contributed by atoms with Gasteiger partial charge in [-0.25, -0.2) is 4.79 Å². The summed E-state index contributed by atoms with van der Waals surface area (Å²) in [5, 5.41) is 35.2.